The third-order valence-corrected chi connectivity index (χ3v) is 4.92. The fourth-order valence-corrected chi connectivity index (χ4v) is 3.28. The minimum Gasteiger partial charge on any atom is -0.389 e. The van der Waals surface area contributed by atoms with Gasteiger partial charge in [0.2, 0.25) is 0 Å². The van der Waals surface area contributed by atoms with Gasteiger partial charge in [-0.2, -0.15) is 0 Å². The van der Waals surface area contributed by atoms with Crippen molar-refractivity contribution in [3.05, 3.63) is 108 Å². The van der Waals surface area contributed by atoms with Crippen molar-refractivity contribution in [2.24, 2.45) is 0 Å². The molecule has 3 aromatic carbocycles. The summed E-state index contributed by atoms with van der Waals surface area (Å²) in [4.78, 5) is 13.0. The van der Waals surface area contributed by atoms with Crippen LogP contribution in [0.5, 0.6) is 0 Å². The van der Waals surface area contributed by atoms with Crippen LogP contribution in [0.2, 0.25) is 0 Å². The molecule has 0 aromatic heterocycles. The maximum atomic E-state index is 13.0. The number of aliphatic hydroxyl groups is 1. The van der Waals surface area contributed by atoms with Gasteiger partial charge in [-0.15, -0.1) is 12.4 Å². The van der Waals surface area contributed by atoms with E-state index in [4.69, 9.17) is 4.74 Å². The zero-order valence-electron chi connectivity index (χ0n) is 17.5. The molecule has 164 valence electrons. The topological polar surface area (TPSA) is 58.6 Å². The van der Waals surface area contributed by atoms with E-state index in [1.165, 1.54) is 5.56 Å². The molecule has 0 amide bonds. The van der Waals surface area contributed by atoms with E-state index in [0.29, 0.717) is 18.5 Å². The summed E-state index contributed by atoms with van der Waals surface area (Å²) in [6.07, 6.45) is 0.0664. The van der Waals surface area contributed by atoms with E-state index in [0.717, 1.165) is 18.5 Å². The Morgan fingerprint density at radius 1 is 0.839 bits per heavy atom. The molecule has 4 nitrogen and oxygen atoms in total. The average molecular weight is 440 g/mol. The van der Waals surface area contributed by atoms with Gasteiger partial charge in [0, 0.05) is 18.5 Å². The molecule has 0 heterocycles. The van der Waals surface area contributed by atoms with Gasteiger partial charge >= 0.3 is 0 Å². The molecule has 31 heavy (non-hydrogen) atoms. The first-order valence-electron chi connectivity index (χ1n) is 10.4. The zero-order chi connectivity index (χ0) is 21.0. The van der Waals surface area contributed by atoms with Crippen LogP contribution in [0, 0.1) is 0 Å². The number of carbonyl (C=O) groups excluding carboxylic acids is 1. The quantitative estimate of drug-likeness (QED) is 0.329. The number of halogens is 1. The maximum Gasteiger partial charge on any atom is 0.191 e. The minimum atomic E-state index is -0.678. The summed E-state index contributed by atoms with van der Waals surface area (Å²) < 4.78 is 5.90. The number of aliphatic hydroxyl groups excluding tert-OH is 1. The monoisotopic (exact) mass is 439 g/mol. The van der Waals surface area contributed by atoms with Crippen LogP contribution in [-0.4, -0.2) is 42.8 Å². The lowest BCUT2D eigenvalue weighted by Crippen LogP contribution is -2.35. The van der Waals surface area contributed by atoms with Gasteiger partial charge in [-0.1, -0.05) is 91.0 Å². The number of nitrogens with one attached hydrogen (secondary N) is 1. The molecule has 0 aliphatic carbocycles. The van der Waals surface area contributed by atoms with E-state index in [-0.39, 0.29) is 24.8 Å². The summed E-state index contributed by atoms with van der Waals surface area (Å²) in [7, 11) is 0. The number of benzene rings is 3. The molecule has 0 aliphatic heterocycles. The molecule has 3 rings (SSSR count). The van der Waals surface area contributed by atoms with E-state index in [1.54, 1.807) is 12.1 Å². The van der Waals surface area contributed by atoms with Gasteiger partial charge in [-0.3, -0.25) is 4.79 Å². The molecule has 0 radical (unpaired) electrons. The van der Waals surface area contributed by atoms with Crippen LogP contribution in [-0.2, 0) is 17.6 Å². The van der Waals surface area contributed by atoms with E-state index in [2.05, 4.69) is 17.4 Å². The summed E-state index contributed by atoms with van der Waals surface area (Å²) in [6, 6.07) is 29.2. The second-order valence-electron chi connectivity index (χ2n) is 7.34. The molecule has 0 saturated heterocycles. The number of hydrogen-bond acceptors (Lipinski definition) is 4. The van der Waals surface area contributed by atoms with Crippen LogP contribution in [0.3, 0.4) is 0 Å². The fraction of sp³-hybridized carbons (Fsp3) is 0.269. The van der Waals surface area contributed by atoms with Crippen LogP contribution in [0.1, 0.15) is 21.5 Å². The number of ether oxygens (including phenoxy) is 1. The largest absolute Gasteiger partial charge is 0.389 e. The van der Waals surface area contributed by atoms with Crippen molar-refractivity contribution < 1.29 is 14.6 Å². The Bertz CT molecular complexity index is 875. The van der Waals surface area contributed by atoms with Crippen molar-refractivity contribution in [3.63, 3.8) is 0 Å². The molecule has 2 atom stereocenters. The first kappa shape index (κ1) is 24.8. The van der Waals surface area contributed by atoms with E-state index < -0.39 is 12.2 Å². The lowest BCUT2D eigenvalue weighted by Gasteiger charge is -2.20. The second kappa shape index (κ2) is 13.7. The lowest BCUT2D eigenvalue weighted by molar-refractivity contribution is -0.00161. The Kier molecular flexibility index (Phi) is 11.0. The van der Waals surface area contributed by atoms with Gasteiger partial charge in [-0.05, 0) is 24.1 Å². The maximum absolute atomic E-state index is 13.0. The highest BCUT2D eigenvalue weighted by Crippen LogP contribution is 2.13. The molecule has 2 N–H and O–H groups in total. The van der Waals surface area contributed by atoms with Crippen molar-refractivity contribution in [1.29, 1.82) is 0 Å². The molecule has 5 heteroatoms. The first-order chi connectivity index (χ1) is 14.7. The van der Waals surface area contributed by atoms with Crippen molar-refractivity contribution in [1.82, 2.24) is 5.32 Å². The third kappa shape index (κ3) is 8.64. The molecule has 0 fully saturated rings. The van der Waals surface area contributed by atoms with E-state index in [9.17, 15) is 9.90 Å². The molecule has 0 aliphatic rings. The Morgan fingerprint density at radius 3 is 2.00 bits per heavy atom. The minimum absolute atomic E-state index is 0. The molecule has 3 aromatic rings. The Hall–Kier alpha value is -2.50. The highest BCUT2D eigenvalue weighted by molar-refractivity contribution is 5.99. The van der Waals surface area contributed by atoms with Crippen LogP contribution < -0.4 is 5.32 Å². The average Bonchev–Trinajstić information content (AvgIpc) is 2.81. The predicted molar refractivity (Wildman–Crippen MR) is 127 cm³/mol. The molecule has 0 bridgehead atoms. The summed E-state index contributed by atoms with van der Waals surface area (Å²) >= 11 is 0. The van der Waals surface area contributed by atoms with Crippen molar-refractivity contribution >= 4 is 18.2 Å². The van der Waals surface area contributed by atoms with Crippen molar-refractivity contribution in [3.8, 4) is 0 Å². The molecule has 0 saturated carbocycles. The predicted octanol–water partition coefficient (Wildman–Crippen LogP) is 4.11. The van der Waals surface area contributed by atoms with Crippen molar-refractivity contribution in [2.45, 2.75) is 25.0 Å². The first-order valence-corrected chi connectivity index (χ1v) is 10.4. The molecule has 0 spiro atoms. The fourth-order valence-electron chi connectivity index (χ4n) is 3.28. The SMILES string of the molecule is Cl.O=C(c1ccccc1)C(Cc1ccccc1)OCC(O)CNCCc1ccccc1. The Balaban J connectivity index is 0.00000341. The highest BCUT2D eigenvalue weighted by Gasteiger charge is 2.22. The third-order valence-electron chi connectivity index (χ3n) is 4.92. The van der Waals surface area contributed by atoms with Crippen LogP contribution in [0.25, 0.3) is 0 Å². The van der Waals surface area contributed by atoms with Gasteiger partial charge in [0.25, 0.3) is 0 Å². The molecule has 2 unspecified atom stereocenters. The van der Waals surface area contributed by atoms with Gasteiger partial charge in [-0.25, -0.2) is 0 Å². The highest BCUT2D eigenvalue weighted by atomic mass is 35.5. The summed E-state index contributed by atoms with van der Waals surface area (Å²) in [6.45, 7) is 1.30. The Labute approximate surface area is 190 Å². The normalized spacial score (nSPS) is 12.5. The number of carbonyl (C=O) groups is 1. The Morgan fingerprint density at radius 2 is 1.39 bits per heavy atom. The van der Waals surface area contributed by atoms with Crippen molar-refractivity contribution in [2.75, 3.05) is 19.7 Å². The lowest BCUT2D eigenvalue weighted by atomic mass is 10.00. The number of hydrogen-bond donors (Lipinski definition) is 2. The molecular formula is C26H30ClNO3. The summed E-state index contributed by atoms with van der Waals surface area (Å²) in [5, 5.41) is 13.6. The zero-order valence-corrected chi connectivity index (χ0v) is 18.3. The van der Waals surface area contributed by atoms with Crippen LogP contribution in [0.15, 0.2) is 91.0 Å². The number of Topliss-reactive ketones (excluding diaryl/α,β-unsaturated/α-hetero) is 1. The van der Waals surface area contributed by atoms with Gasteiger partial charge in [0.1, 0.15) is 6.10 Å². The van der Waals surface area contributed by atoms with Crippen LogP contribution in [0.4, 0.5) is 0 Å². The number of ketones is 1. The summed E-state index contributed by atoms with van der Waals surface area (Å²) in [5.74, 6) is -0.0660. The second-order valence-corrected chi connectivity index (χ2v) is 7.34. The van der Waals surface area contributed by atoms with Gasteiger partial charge in [0.15, 0.2) is 5.78 Å². The standard InChI is InChI=1S/C26H29NO3.ClH/c28-24(19-27-17-16-21-10-4-1-5-11-21)20-30-25(18-22-12-6-2-7-13-22)26(29)23-14-8-3-9-15-23;/h1-15,24-25,27-28H,16-20H2;1H. The van der Waals surface area contributed by atoms with Gasteiger partial charge in [0.05, 0.1) is 12.7 Å². The van der Waals surface area contributed by atoms with E-state index in [1.807, 2.05) is 66.7 Å². The van der Waals surface area contributed by atoms with Crippen LogP contribution >= 0.6 is 12.4 Å². The van der Waals surface area contributed by atoms with Gasteiger partial charge < -0.3 is 15.2 Å². The summed E-state index contributed by atoms with van der Waals surface area (Å²) in [5.41, 5.74) is 2.91. The smallest absolute Gasteiger partial charge is 0.191 e. The number of rotatable bonds is 12. The molecular weight excluding hydrogens is 410 g/mol. The van der Waals surface area contributed by atoms with E-state index >= 15 is 0 Å².